The van der Waals surface area contributed by atoms with Crippen LogP contribution in [0.5, 0.6) is 0 Å². The fourth-order valence-electron chi connectivity index (χ4n) is 1.34. The van der Waals surface area contributed by atoms with E-state index in [0.717, 1.165) is 5.69 Å². The Bertz CT molecular complexity index is 340. The molecule has 7 nitrogen and oxygen atoms in total. The van der Waals surface area contributed by atoms with E-state index >= 15 is 0 Å². The summed E-state index contributed by atoms with van der Waals surface area (Å²) in [6.07, 6.45) is 3.26. The minimum Gasteiger partial charge on any atom is -0.481 e. The smallest absolute Gasteiger partial charge is 0.303 e. The normalized spacial score (nSPS) is 10.6. The predicted molar refractivity (Wildman–Crippen MR) is 60.3 cm³/mol. The molecule has 0 bridgehead atoms. The molecule has 0 aliphatic rings. The molecule has 0 spiro atoms. The van der Waals surface area contributed by atoms with Gasteiger partial charge >= 0.3 is 5.97 Å². The van der Waals surface area contributed by atoms with E-state index in [-0.39, 0.29) is 13.0 Å². The fraction of sp³-hybridized carbons (Fsp3) is 0.700. The van der Waals surface area contributed by atoms with Crippen LogP contribution in [-0.4, -0.2) is 44.3 Å². The molecule has 96 valence electrons. The lowest BCUT2D eigenvalue weighted by molar-refractivity contribution is -0.137. The number of aliphatic carboxylic acids is 1. The van der Waals surface area contributed by atoms with Crippen LogP contribution >= 0.6 is 0 Å². The summed E-state index contributed by atoms with van der Waals surface area (Å²) in [6, 6.07) is 0. The highest BCUT2D eigenvalue weighted by Gasteiger charge is 2.00. The molecule has 0 aromatic carbocycles. The summed E-state index contributed by atoms with van der Waals surface area (Å²) in [5.74, 6) is -0.776. The van der Waals surface area contributed by atoms with Crippen molar-refractivity contribution in [3.8, 4) is 0 Å². The van der Waals surface area contributed by atoms with E-state index in [1.54, 1.807) is 4.68 Å². The van der Waals surface area contributed by atoms with Gasteiger partial charge in [-0.3, -0.25) is 9.48 Å². The average molecular weight is 242 g/mol. The Kier molecular flexibility index (Phi) is 6.19. The molecule has 3 N–H and O–H groups in total. The van der Waals surface area contributed by atoms with Crippen LogP contribution < -0.4 is 5.32 Å². The third-order valence-electron chi connectivity index (χ3n) is 2.18. The van der Waals surface area contributed by atoms with Gasteiger partial charge in [-0.25, -0.2) is 0 Å². The van der Waals surface area contributed by atoms with Crippen LogP contribution in [0.4, 0.5) is 0 Å². The Morgan fingerprint density at radius 2 is 2.29 bits per heavy atom. The van der Waals surface area contributed by atoms with Gasteiger partial charge in [-0.2, -0.15) is 0 Å². The molecule has 1 heterocycles. The van der Waals surface area contributed by atoms with E-state index in [2.05, 4.69) is 15.6 Å². The molecule has 0 aliphatic carbocycles. The molecule has 0 unspecified atom stereocenters. The summed E-state index contributed by atoms with van der Waals surface area (Å²) in [5.41, 5.74) is 0.818. The molecule has 0 fully saturated rings. The summed E-state index contributed by atoms with van der Waals surface area (Å²) in [4.78, 5) is 10.3. The van der Waals surface area contributed by atoms with Crippen molar-refractivity contribution in [2.45, 2.75) is 32.4 Å². The van der Waals surface area contributed by atoms with Gasteiger partial charge in [0.1, 0.15) is 0 Å². The maximum absolute atomic E-state index is 10.3. The summed E-state index contributed by atoms with van der Waals surface area (Å²) in [7, 11) is 0. The molecule has 1 aromatic heterocycles. The third-order valence-corrected chi connectivity index (χ3v) is 2.18. The van der Waals surface area contributed by atoms with Gasteiger partial charge in [-0.1, -0.05) is 5.21 Å². The van der Waals surface area contributed by atoms with E-state index in [0.29, 0.717) is 32.5 Å². The first kappa shape index (κ1) is 13.6. The Morgan fingerprint density at radius 3 is 3.00 bits per heavy atom. The lowest BCUT2D eigenvalue weighted by Gasteiger charge is -1.99. The predicted octanol–water partition coefficient (Wildman–Crippen LogP) is -0.385. The number of carboxylic acid groups (broad SMARTS) is 1. The lowest BCUT2D eigenvalue weighted by atomic mass is 10.3. The summed E-state index contributed by atoms with van der Waals surface area (Å²) < 4.78 is 1.69. The van der Waals surface area contributed by atoms with Crippen molar-refractivity contribution < 1.29 is 15.0 Å². The second-order valence-electron chi connectivity index (χ2n) is 3.72. The van der Waals surface area contributed by atoms with Crippen molar-refractivity contribution in [1.29, 1.82) is 0 Å². The number of hydrogen-bond acceptors (Lipinski definition) is 5. The summed E-state index contributed by atoms with van der Waals surface area (Å²) in [5, 5.41) is 28.1. The fourth-order valence-corrected chi connectivity index (χ4v) is 1.34. The third kappa shape index (κ3) is 5.98. The maximum atomic E-state index is 10.3. The van der Waals surface area contributed by atoms with Crippen molar-refractivity contribution >= 4 is 5.97 Å². The highest BCUT2D eigenvalue weighted by Crippen LogP contribution is 1.95. The van der Waals surface area contributed by atoms with E-state index in [4.69, 9.17) is 10.2 Å². The number of hydrogen-bond donors (Lipinski definition) is 3. The number of carbonyl (C=O) groups is 1. The van der Waals surface area contributed by atoms with Gasteiger partial charge < -0.3 is 15.5 Å². The zero-order valence-electron chi connectivity index (χ0n) is 9.67. The molecule has 0 aliphatic heterocycles. The molecule has 0 radical (unpaired) electrons. The topological polar surface area (TPSA) is 100 Å². The number of rotatable bonds is 9. The maximum Gasteiger partial charge on any atom is 0.303 e. The number of aryl methyl sites for hydroxylation is 1. The van der Waals surface area contributed by atoms with Crippen molar-refractivity contribution in [2.24, 2.45) is 0 Å². The number of aliphatic hydroxyl groups excluding tert-OH is 1. The van der Waals surface area contributed by atoms with Crippen LogP contribution in [0, 0.1) is 0 Å². The molecule has 0 saturated carbocycles. The van der Waals surface area contributed by atoms with Crippen molar-refractivity contribution in [1.82, 2.24) is 20.3 Å². The number of nitrogens with one attached hydrogen (secondary N) is 1. The minimum absolute atomic E-state index is 0.141. The molecule has 0 saturated heterocycles. The van der Waals surface area contributed by atoms with Gasteiger partial charge in [-0.15, -0.1) is 5.10 Å². The van der Waals surface area contributed by atoms with Gasteiger partial charge in [0.05, 0.1) is 5.69 Å². The van der Waals surface area contributed by atoms with E-state index in [1.807, 2.05) is 6.20 Å². The van der Waals surface area contributed by atoms with Crippen LogP contribution in [-0.2, 0) is 17.9 Å². The second-order valence-corrected chi connectivity index (χ2v) is 3.72. The molecule has 7 heteroatoms. The van der Waals surface area contributed by atoms with Gasteiger partial charge in [0, 0.05) is 32.3 Å². The first-order chi connectivity index (χ1) is 8.22. The van der Waals surface area contributed by atoms with Crippen LogP contribution in [0.3, 0.4) is 0 Å². The number of aliphatic hydroxyl groups is 1. The van der Waals surface area contributed by atoms with Crippen LogP contribution in [0.1, 0.15) is 25.0 Å². The second kappa shape index (κ2) is 7.75. The highest BCUT2D eigenvalue weighted by molar-refractivity contribution is 5.66. The molecule has 0 atom stereocenters. The Hall–Kier alpha value is -1.47. The molecule has 1 rings (SSSR count). The first-order valence-corrected chi connectivity index (χ1v) is 5.64. The lowest BCUT2D eigenvalue weighted by Crippen LogP contribution is -2.16. The molecule has 17 heavy (non-hydrogen) atoms. The van der Waals surface area contributed by atoms with Crippen molar-refractivity contribution in [2.75, 3.05) is 13.2 Å². The van der Waals surface area contributed by atoms with Gasteiger partial charge in [0.25, 0.3) is 0 Å². The van der Waals surface area contributed by atoms with Gasteiger partial charge in [-0.05, 0) is 19.4 Å². The Balaban J connectivity index is 2.14. The standard InChI is InChI=1S/C10H18N4O3/c15-6-2-5-14-8-9(12-13-14)7-11-4-1-3-10(16)17/h8,11,15H,1-7H2,(H,16,17). The van der Waals surface area contributed by atoms with Crippen LogP contribution in [0.15, 0.2) is 6.20 Å². The SMILES string of the molecule is O=C(O)CCCNCc1cn(CCCO)nn1. The van der Waals surface area contributed by atoms with Gasteiger partial charge in [0.15, 0.2) is 0 Å². The number of carboxylic acids is 1. The summed E-state index contributed by atoms with van der Waals surface area (Å²) in [6.45, 7) is 2.03. The molecule has 0 amide bonds. The van der Waals surface area contributed by atoms with Crippen molar-refractivity contribution in [3.63, 3.8) is 0 Å². The molecular weight excluding hydrogens is 224 g/mol. The largest absolute Gasteiger partial charge is 0.481 e. The van der Waals surface area contributed by atoms with Gasteiger partial charge in [0.2, 0.25) is 0 Å². The Labute approximate surface area is 99.4 Å². The molecular formula is C10H18N4O3. The van der Waals surface area contributed by atoms with E-state index in [9.17, 15) is 4.79 Å². The van der Waals surface area contributed by atoms with E-state index in [1.165, 1.54) is 0 Å². The monoisotopic (exact) mass is 242 g/mol. The van der Waals surface area contributed by atoms with Crippen LogP contribution in [0.25, 0.3) is 0 Å². The van der Waals surface area contributed by atoms with Crippen molar-refractivity contribution in [3.05, 3.63) is 11.9 Å². The van der Waals surface area contributed by atoms with E-state index < -0.39 is 5.97 Å². The summed E-state index contributed by atoms with van der Waals surface area (Å²) >= 11 is 0. The molecule has 1 aromatic rings. The zero-order valence-corrected chi connectivity index (χ0v) is 9.67. The Morgan fingerprint density at radius 1 is 1.47 bits per heavy atom. The number of aromatic nitrogens is 3. The first-order valence-electron chi connectivity index (χ1n) is 5.64. The van der Waals surface area contributed by atoms with Crippen LogP contribution in [0.2, 0.25) is 0 Å². The quantitative estimate of drug-likeness (QED) is 0.510. The zero-order chi connectivity index (χ0) is 12.5. The minimum atomic E-state index is -0.776. The highest BCUT2D eigenvalue weighted by atomic mass is 16.4. The number of nitrogens with zero attached hydrogens (tertiary/aromatic N) is 3. The average Bonchev–Trinajstić information content (AvgIpc) is 2.73.